The van der Waals surface area contributed by atoms with Gasteiger partial charge in [-0.2, -0.15) is 13.2 Å². The summed E-state index contributed by atoms with van der Waals surface area (Å²) in [4.78, 5) is 3.84. The summed E-state index contributed by atoms with van der Waals surface area (Å²) in [6.07, 6.45) is -2.78. The van der Waals surface area contributed by atoms with Crippen molar-refractivity contribution in [2.45, 2.75) is 18.0 Å². The first-order valence-electron chi connectivity index (χ1n) is 4.75. The molecule has 2 rings (SSSR count). The second kappa shape index (κ2) is 3.48. The summed E-state index contributed by atoms with van der Waals surface area (Å²) in [5.41, 5.74) is -1.68. The van der Waals surface area contributed by atoms with Gasteiger partial charge in [-0.25, -0.2) is 0 Å². The van der Waals surface area contributed by atoms with Crippen LogP contribution in [0, 0.1) is 0 Å². The van der Waals surface area contributed by atoms with Crippen LogP contribution in [0.25, 0.3) is 0 Å². The van der Waals surface area contributed by atoms with E-state index in [1.807, 2.05) is 0 Å². The van der Waals surface area contributed by atoms with Crippen LogP contribution in [0.15, 0.2) is 24.4 Å². The third-order valence-electron chi connectivity index (χ3n) is 2.85. The third kappa shape index (κ3) is 1.61. The van der Waals surface area contributed by atoms with Crippen molar-refractivity contribution in [1.29, 1.82) is 0 Å². The van der Waals surface area contributed by atoms with Gasteiger partial charge < -0.3 is 5.32 Å². The maximum Gasteiger partial charge on any atom is 0.401 e. The van der Waals surface area contributed by atoms with Crippen molar-refractivity contribution >= 4 is 0 Å². The molecular formula is C10H11F3N2. The summed E-state index contributed by atoms with van der Waals surface area (Å²) in [5, 5.41) is 2.76. The van der Waals surface area contributed by atoms with Crippen LogP contribution >= 0.6 is 0 Å². The van der Waals surface area contributed by atoms with Crippen molar-refractivity contribution in [1.82, 2.24) is 10.3 Å². The van der Waals surface area contributed by atoms with Crippen molar-refractivity contribution in [3.63, 3.8) is 0 Å². The van der Waals surface area contributed by atoms with E-state index in [0.29, 0.717) is 6.54 Å². The van der Waals surface area contributed by atoms with E-state index in [1.54, 1.807) is 12.1 Å². The predicted octanol–water partition coefficient (Wildman–Crippen LogP) is 1.87. The minimum atomic E-state index is -4.25. The average Bonchev–Trinajstić information content (AvgIpc) is 2.68. The number of alkyl halides is 3. The lowest BCUT2D eigenvalue weighted by Gasteiger charge is -2.30. The monoisotopic (exact) mass is 216 g/mol. The molecule has 1 aromatic rings. The van der Waals surface area contributed by atoms with Gasteiger partial charge in [-0.1, -0.05) is 6.07 Å². The Morgan fingerprint density at radius 1 is 1.33 bits per heavy atom. The average molecular weight is 216 g/mol. The molecule has 1 saturated heterocycles. The molecule has 0 bridgehead atoms. The molecule has 1 aromatic heterocycles. The van der Waals surface area contributed by atoms with Gasteiger partial charge >= 0.3 is 6.18 Å². The lowest BCUT2D eigenvalue weighted by molar-refractivity contribution is -0.186. The van der Waals surface area contributed by atoms with E-state index < -0.39 is 11.6 Å². The fourth-order valence-corrected chi connectivity index (χ4v) is 1.94. The maximum atomic E-state index is 13.0. The number of halogens is 3. The highest BCUT2D eigenvalue weighted by molar-refractivity contribution is 5.23. The first-order valence-corrected chi connectivity index (χ1v) is 4.75. The number of hydrogen-bond acceptors (Lipinski definition) is 2. The van der Waals surface area contributed by atoms with Crippen molar-refractivity contribution in [3.8, 4) is 0 Å². The smallest absolute Gasteiger partial charge is 0.315 e. The van der Waals surface area contributed by atoms with Gasteiger partial charge in [0.2, 0.25) is 0 Å². The molecule has 1 atom stereocenters. The molecule has 1 fully saturated rings. The van der Waals surface area contributed by atoms with E-state index >= 15 is 0 Å². The standard InChI is InChI=1S/C10H11F3N2/c11-10(12,13)9(4-6-14-7-9)8-3-1-2-5-15-8/h1-3,5,14H,4,6-7H2. The first kappa shape index (κ1) is 10.4. The van der Waals surface area contributed by atoms with E-state index in [2.05, 4.69) is 10.3 Å². The Kier molecular flexibility index (Phi) is 2.42. The van der Waals surface area contributed by atoms with E-state index in [9.17, 15) is 13.2 Å². The Morgan fingerprint density at radius 3 is 2.60 bits per heavy atom. The van der Waals surface area contributed by atoms with Crippen LogP contribution in [0.4, 0.5) is 13.2 Å². The molecule has 82 valence electrons. The van der Waals surface area contributed by atoms with Gasteiger partial charge in [0, 0.05) is 12.7 Å². The molecule has 0 aliphatic carbocycles. The van der Waals surface area contributed by atoms with E-state index in [4.69, 9.17) is 0 Å². The molecule has 1 aliphatic heterocycles. The zero-order valence-electron chi connectivity index (χ0n) is 8.01. The Hall–Kier alpha value is -1.10. The summed E-state index contributed by atoms with van der Waals surface area (Å²) in [6, 6.07) is 4.66. The summed E-state index contributed by atoms with van der Waals surface area (Å²) >= 11 is 0. The van der Waals surface area contributed by atoms with Crippen LogP contribution in [0.3, 0.4) is 0 Å². The normalized spacial score (nSPS) is 26.9. The zero-order valence-corrected chi connectivity index (χ0v) is 8.01. The molecule has 15 heavy (non-hydrogen) atoms. The molecule has 1 N–H and O–H groups in total. The quantitative estimate of drug-likeness (QED) is 0.775. The fourth-order valence-electron chi connectivity index (χ4n) is 1.94. The second-order valence-electron chi connectivity index (χ2n) is 3.72. The topological polar surface area (TPSA) is 24.9 Å². The molecule has 0 saturated carbocycles. The largest absolute Gasteiger partial charge is 0.401 e. The summed E-state index contributed by atoms with van der Waals surface area (Å²) in [5.74, 6) is 0. The molecule has 0 aromatic carbocycles. The number of aromatic nitrogens is 1. The van der Waals surface area contributed by atoms with Gasteiger partial charge in [-0.05, 0) is 25.1 Å². The van der Waals surface area contributed by atoms with Crippen molar-refractivity contribution in [2.75, 3.05) is 13.1 Å². The van der Waals surface area contributed by atoms with Gasteiger partial charge in [0.25, 0.3) is 0 Å². The van der Waals surface area contributed by atoms with Gasteiger partial charge in [0.15, 0.2) is 0 Å². The van der Waals surface area contributed by atoms with Crippen molar-refractivity contribution in [3.05, 3.63) is 30.1 Å². The molecule has 0 radical (unpaired) electrons. The SMILES string of the molecule is FC(F)(F)C1(c2ccccn2)CCNC1. The fraction of sp³-hybridized carbons (Fsp3) is 0.500. The number of nitrogens with one attached hydrogen (secondary N) is 1. The van der Waals surface area contributed by atoms with Crippen LogP contribution in [-0.2, 0) is 5.41 Å². The lowest BCUT2D eigenvalue weighted by atomic mass is 9.82. The van der Waals surface area contributed by atoms with Gasteiger partial charge in [-0.15, -0.1) is 0 Å². The first-order chi connectivity index (χ1) is 7.06. The van der Waals surface area contributed by atoms with Crippen LogP contribution in [-0.4, -0.2) is 24.2 Å². The summed E-state index contributed by atoms with van der Waals surface area (Å²) < 4.78 is 39.1. The molecule has 1 aliphatic rings. The number of nitrogens with zero attached hydrogens (tertiary/aromatic N) is 1. The van der Waals surface area contributed by atoms with Crippen molar-refractivity contribution < 1.29 is 13.2 Å². The van der Waals surface area contributed by atoms with Crippen LogP contribution in [0.5, 0.6) is 0 Å². The van der Waals surface area contributed by atoms with Crippen LogP contribution in [0.2, 0.25) is 0 Å². The molecule has 0 amide bonds. The minimum absolute atomic E-state index is 0.0630. The van der Waals surface area contributed by atoms with Crippen LogP contribution in [0.1, 0.15) is 12.1 Å². The molecular weight excluding hydrogens is 205 g/mol. The van der Waals surface area contributed by atoms with Crippen LogP contribution < -0.4 is 5.32 Å². The highest BCUT2D eigenvalue weighted by Crippen LogP contribution is 2.44. The number of rotatable bonds is 1. The van der Waals surface area contributed by atoms with E-state index in [0.717, 1.165) is 0 Å². The molecule has 0 spiro atoms. The summed E-state index contributed by atoms with van der Waals surface area (Å²) in [6.45, 7) is 0.309. The maximum absolute atomic E-state index is 13.0. The lowest BCUT2D eigenvalue weighted by Crippen LogP contribution is -2.44. The molecule has 5 heteroatoms. The molecule has 2 heterocycles. The van der Waals surface area contributed by atoms with Crippen molar-refractivity contribution in [2.24, 2.45) is 0 Å². The Bertz CT molecular complexity index is 328. The van der Waals surface area contributed by atoms with E-state index in [-0.39, 0.29) is 18.7 Å². The predicted molar refractivity (Wildman–Crippen MR) is 49.5 cm³/mol. The Balaban J connectivity index is 2.44. The van der Waals surface area contributed by atoms with Gasteiger partial charge in [-0.3, -0.25) is 4.98 Å². The van der Waals surface area contributed by atoms with Gasteiger partial charge in [0.05, 0.1) is 5.69 Å². The zero-order chi connectivity index (χ0) is 10.9. The number of hydrogen-bond donors (Lipinski definition) is 1. The Labute approximate surface area is 85.5 Å². The highest BCUT2D eigenvalue weighted by atomic mass is 19.4. The Morgan fingerprint density at radius 2 is 2.13 bits per heavy atom. The second-order valence-corrected chi connectivity index (χ2v) is 3.72. The molecule has 1 unspecified atom stereocenters. The summed E-state index contributed by atoms with van der Waals surface area (Å²) in [7, 11) is 0. The minimum Gasteiger partial charge on any atom is -0.315 e. The van der Waals surface area contributed by atoms with Gasteiger partial charge in [0.1, 0.15) is 5.41 Å². The third-order valence-corrected chi connectivity index (χ3v) is 2.85. The number of pyridine rings is 1. The van der Waals surface area contributed by atoms with E-state index in [1.165, 1.54) is 12.3 Å². The molecule has 2 nitrogen and oxygen atoms in total. The highest BCUT2D eigenvalue weighted by Gasteiger charge is 2.58.